The van der Waals surface area contributed by atoms with Crippen molar-refractivity contribution in [2.75, 3.05) is 19.7 Å². The first-order valence-electron chi connectivity index (χ1n) is 11.1. The Hall–Kier alpha value is -2.37. The molecule has 30 heavy (non-hydrogen) atoms. The number of aliphatic imine (C=N–C) groups is 1. The summed E-state index contributed by atoms with van der Waals surface area (Å²) < 4.78 is 5.64. The number of hydrogen-bond donors (Lipinski definition) is 2. The van der Waals surface area contributed by atoms with Crippen molar-refractivity contribution in [2.45, 2.75) is 57.8 Å². The molecule has 1 spiro atoms. The van der Waals surface area contributed by atoms with Crippen molar-refractivity contribution in [1.29, 1.82) is 0 Å². The van der Waals surface area contributed by atoms with Crippen LogP contribution in [0.15, 0.2) is 53.5 Å². The molecule has 2 aromatic carbocycles. The van der Waals surface area contributed by atoms with Gasteiger partial charge in [-0.25, -0.2) is 0 Å². The second-order valence-corrected chi connectivity index (χ2v) is 8.61. The number of rotatable bonds is 5. The van der Waals surface area contributed by atoms with E-state index in [9.17, 15) is 5.11 Å². The fraction of sp³-hybridized carbons (Fsp3) is 0.480. The Bertz CT molecular complexity index is 887. The third-order valence-corrected chi connectivity index (χ3v) is 6.36. The molecular formula is C25H33N3O2. The van der Waals surface area contributed by atoms with Gasteiger partial charge in [-0.1, -0.05) is 42.5 Å². The molecule has 2 aliphatic heterocycles. The summed E-state index contributed by atoms with van der Waals surface area (Å²) >= 11 is 0. The molecule has 2 aliphatic rings. The van der Waals surface area contributed by atoms with Gasteiger partial charge in [0.15, 0.2) is 11.5 Å². The maximum absolute atomic E-state index is 10.9. The molecule has 5 nitrogen and oxygen atoms in total. The minimum absolute atomic E-state index is 0.0105. The largest absolute Gasteiger partial charge is 0.504 e. The van der Waals surface area contributed by atoms with Crippen LogP contribution in [0.1, 0.15) is 57.2 Å². The van der Waals surface area contributed by atoms with Crippen molar-refractivity contribution in [3.63, 3.8) is 0 Å². The average molecular weight is 408 g/mol. The third-order valence-electron chi connectivity index (χ3n) is 6.36. The van der Waals surface area contributed by atoms with Crippen LogP contribution in [0.25, 0.3) is 0 Å². The Balaban J connectivity index is 1.69. The van der Waals surface area contributed by atoms with E-state index in [2.05, 4.69) is 48.3 Å². The second-order valence-electron chi connectivity index (χ2n) is 8.61. The van der Waals surface area contributed by atoms with Crippen LogP contribution in [-0.2, 0) is 0 Å². The number of likely N-dealkylation sites (tertiary alicyclic amines) is 1. The average Bonchev–Trinajstić information content (AvgIpc) is 2.76. The highest BCUT2D eigenvalue weighted by molar-refractivity contribution is 6.01. The van der Waals surface area contributed by atoms with E-state index in [0.717, 1.165) is 49.2 Å². The van der Waals surface area contributed by atoms with Crippen molar-refractivity contribution >= 4 is 5.71 Å². The second kappa shape index (κ2) is 8.78. The molecule has 2 aromatic rings. The molecule has 160 valence electrons. The zero-order chi connectivity index (χ0) is 21.1. The van der Waals surface area contributed by atoms with E-state index in [1.807, 2.05) is 31.2 Å². The Morgan fingerprint density at radius 3 is 2.53 bits per heavy atom. The molecule has 1 fully saturated rings. The van der Waals surface area contributed by atoms with Crippen molar-refractivity contribution < 1.29 is 9.84 Å². The molecule has 0 unspecified atom stereocenters. The van der Waals surface area contributed by atoms with Gasteiger partial charge in [-0.3, -0.25) is 10.3 Å². The van der Waals surface area contributed by atoms with Crippen LogP contribution in [-0.4, -0.2) is 47.1 Å². The number of nitrogens with zero attached hydrogens (tertiary/aromatic N) is 2. The fourth-order valence-corrected chi connectivity index (χ4v) is 4.66. The van der Waals surface area contributed by atoms with E-state index in [1.165, 1.54) is 0 Å². The SMILES string of the molecule is CCOc1cccc([C@@H]2CC(c3ccccc3)=NC3(CCN(C(C)C)CC3)N2)c1O. The van der Waals surface area contributed by atoms with Gasteiger partial charge in [-0.05, 0) is 45.2 Å². The van der Waals surface area contributed by atoms with Gasteiger partial charge in [0.05, 0.1) is 6.61 Å². The monoisotopic (exact) mass is 407 g/mol. The molecule has 0 bridgehead atoms. The molecule has 1 atom stereocenters. The molecule has 0 aromatic heterocycles. The molecule has 0 radical (unpaired) electrons. The summed E-state index contributed by atoms with van der Waals surface area (Å²) in [5, 5.41) is 14.7. The van der Waals surface area contributed by atoms with E-state index in [4.69, 9.17) is 9.73 Å². The van der Waals surface area contributed by atoms with Crippen molar-refractivity contribution in [1.82, 2.24) is 10.2 Å². The topological polar surface area (TPSA) is 57.1 Å². The van der Waals surface area contributed by atoms with E-state index in [-0.39, 0.29) is 17.5 Å². The predicted octanol–water partition coefficient (Wildman–Crippen LogP) is 4.52. The summed E-state index contributed by atoms with van der Waals surface area (Å²) in [4.78, 5) is 7.78. The Kier molecular flexibility index (Phi) is 6.11. The highest BCUT2D eigenvalue weighted by Gasteiger charge is 2.41. The van der Waals surface area contributed by atoms with Gasteiger partial charge in [0.1, 0.15) is 5.66 Å². The first-order valence-corrected chi connectivity index (χ1v) is 11.1. The fourth-order valence-electron chi connectivity index (χ4n) is 4.66. The number of ether oxygens (including phenoxy) is 1. The van der Waals surface area contributed by atoms with Gasteiger partial charge in [0.25, 0.3) is 0 Å². The van der Waals surface area contributed by atoms with Gasteiger partial charge < -0.3 is 14.7 Å². The maximum Gasteiger partial charge on any atom is 0.162 e. The Labute approximate surface area is 179 Å². The van der Waals surface area contributed by atoms with Crippen LogP contribution in [0, 0.1) is 0 Å². The number of benzene rings is 2. The molecule has 0 aliphatic carbocycles. The standard InChI is InChI=1S/C25H33N3O2/c1-4-30-23-12-8-11-20(24(23)29)22-17-21(19-9-6-5-7-10-19)26-25(27-22)13-15-28(16-14-25)18(2)3/h5-12,18,22,27,29H,4,13-17H2,1-3H3/t22-/m0/s1. The number of nitrogens with one attached hydrogen (secondary N) is 1. The van der Waals surface area contributed by atoms with Crippen LogP contribution in [0.4, 0.5) is 0 Å². The van der Waals surface area contributed by atoms with Crippen LogP contribution >= 0.6 is 0 Å². The number of aromatic hydroxyl groups is 1. The van der Waals surface area contributed by atoms with Crippen LogP contribution in [0.5, 0.6) is 11.5 Å². The van der Waals surface area contributed by atoms with Gasteiger partial charge in [-0.15, -0.1) is 0 Å². The number of phenols is 1. The Morgan fingerprint density at radius 2 is 1.87 bits per heavy atom. The number of hydrogen-bond acceptors (Lipinski definition) is 5. The van der Waals surface area contributed by atoms with Crippen LogP contribution < -0.4 is 10.1 Å². The lowest BCUT2D eigenvalue weighted by molar-refractivity contribution is 0.103. The molecular weight excluding hydrogens is 374 g/mol. The minimum Gasteiger partial charge on any atom is -0.504 e. The summed E-state index contributed by atoms with van der Waals surface area (Å²) in [5.41, 5.74) is 2.86. The minimum atomic E-state index is -0.298. The Morgan fingerprint density at radius 1 is 1.13 bits per heavy atom. The van der Waals surface area contributed by atoms with Crippen LogP contribution in [0.3, 0.4) is 0 Å². The van der Waals surface area contributed by atoms with Gasteiger partial charge >= 0.3 is 0 Å². The molecule has 0 amide bonds. The third kappa shape index (κ3) is 4.23. The lowest BCUT2D eigenvalue weighted by atomic mass is 9.87. The zero-order valence-corrected chi connectivity index (χ0v) is 18.3. The lowest BCUT2D eigenvalue weighted by Crippen LogP contribution is -2.56. The normalized spacial score (nSPS) is 21.6. The predicted molar refractivity (Wildman–Crippen MR) is 121 cm³/mol. The number of piperidine rings is 1. The van der Waals surface area contributed by atoms with E-state index >= 15 is 0 Å². The quantitative estimate of drug-likeness (QED) is 0.765. The highest BCUT2D eigenvalue weighted by Crippen LogP contribution is 2.40. The van der Waals surface area contributed by atoms with Gasteiger partial charge in [-0.2, -0.15) is 0 Å². The van der Waals surface area contributed by atoms with Crippen LogP contribution in [0.2, 0.25) is 0 Å². The van der Waals surface area contributed by atoms with Crippen molar-refractivity contribution in [2.24, 2.45) is 4.99 Å². The molecule has 2 heterocycles. The maximum atomic E-state index is 10.9. The summed E-state index contributed by atoms with van der Waals surface area (Å²) in [7, 11) is 0. The smallest absolute Gasteiger partial charge is 0.162 e. The number of para-hydroxylation sites is 1. The van der Waals surface area contributed by atoms with E-state index in [1.54, 1.807) is 0 Å². The van der Waals surface area contributed by atoms with Gasteiger partial charge in [0, 0.05) is 42.9 Å². The summed E-state index contributed by atoms with van der Waals surface area (Å²) in [6, 6.07) is 16.8. The first-order chi connectivity index (χ1) is 14.5. The molecule has 2 N–H and O–H groups in total. The summed E-state index contributed by atoms with van der Waals surface area (Å²) in [5.74, 6) is 0.783. The van der Waals surface area contributed by atoms with Gasteiger partial charge in [0.2, 0.25) is 0 Å². The molecule has 1 saturated heterocycles. The van der Waals surface area contributed by atoms with Crippen molar-refractivity contribution in [3.05, 3.63) is 59.7 Å². The molecule has 0 saturated carbocycles. The zero-order valence-electron chi connectivity index (χ0n) is 18.3. The number of phenolic OH excluding ortho intramolecular Hbond substituents is 1. The first kappa shape index (κ1) is 20.9. The van der Waals surface area contributed by atoms with E-state index < -0.39 is 0 Å². The van der Waals surface area contributed by atoms with E-state index in [0.29, 0.717) is 18.4 Å². The molecule has 4 rings (SSSR count). The van der Waals surface area contributed by atoms with Crippen molar-refractivity contribution in [3.8, 4) is 11.5 Å². The summed E-state index contributed by atoms with van der Waals surface area (Å²) in [6.07, 6.45) is 2.66. The lowest BCUT2D eigenvalue weighted by Gasteiger charge is -2.46. The molecule has 5 heteroatoms. The summed E-state index contributed by atoms with van der Waals surface area (Å²) in [6.45, 7) is 9.02. The highest BCUT2D eigenvalue weighted by atomic mass is 16.5.